The minimum Gasteiger partial charge on any atom is -0.396 e. The largest absolute Gasteiger partial charge is 0.396 e. The lowest BCUT2D eigenvalue weighted by Gasteiger charge is -2.16. The van der Waals surface area contributed by atoms with Gasteiger partial charge < -0.3 is 10.4 Å². The Labute approximate surface area is 99.1 Å². The molecule has 0 aromatic carbocycles. The normalized spacial score (nSPS) is 12.9. The Morgan fingerprint density at radius 1 is 1.50 bits per heavy atom. The second kappa shape index (κ2) is 5.27. The molecule has 3 nitrogen and oxygen atoms in total. The molecule has 0 aliphatic heterocycles. The number of hydrogen-bond acceptors (Lipinski definition) is 4. The quantitative estimate of drug-likeness (QED) is 0.839. The summed E-state index contributed by atoms with van der Waals surface area (Å²) in [5, 5.41) is 15.6. The van der Waals surface area contributed by atoms with Crippen LogP contribution in [0.1, 0.15) is 19.8 Å². The molecule has 2 heterocycles. The second-order valence-electron chi connectivity index (χ2n) is 3.75. The maximum atomic E-state index is 8.96. The lowest BCUT2D eigenvalue weighted by Crippen LogP contribution is -2.20. The van der Waals surface area contributed by atoms with Crippen LogP contribution in [0.2, 0.25) is 0 Å². The predicted molar refractivity (Wildman–Crippen MR) is 69.0 cm³/mol. The fourth-order valence-electron chi connectivity index (χ4n) is 1.74. The Bertz CT molecular complexity index is 455. The zero-order valence-corrected chi connectivity index (χ0v) is 10.1. The van der Waals surface area contributed by atoms with Crippen LogP contribution < -0.4 is 5.32 Å². The molecule has 2 aromatic rings. The van der Waals surface area contributed by atoms with Crippen molar-refractivity contribution < 1.29 is 5.11 Å². The number of thiophene rings is 1. The maximum absolute atomic E-state index is 8.96. The first kappa shape index (κ1) is 11.4. The van der Waals surface area contributed by atoms with E-state index in [0.717, 1.165) is 18.7 Å². The summed E-state index contributed by atoms with van der Waals surface area (Å²) in [6, 6.07) is 4.40. The van der Waals surface area contributed by atoms with Gasteiger partial charge >= 0.3 is 0 Å². The number of nitrogens with zero attached hydrogens (tertiary/aromatic N) is 1. The van der Waals surface area contributed by atoms with Crippen molar-refractivity contribution >= 4 is 27.2 Å². The van der Waals surface area contributed by atoms with Crippen LogP contribution in [0, 0.1) is 0 Å². The summed E-state index contributed by atoms with van der Waals surface area (Å²) in [4.78, 5) is 4.36. The van der Waals surface area contributed by atoms with Crippen molar-refractivity contribution in [1.29, 1.82) is 0 Å². The number of rotatable bonds is 5. The fraction of sp³-hybridized carbons (Fsp3) is 0.417. The van der Waals surface area contributed by atoms with E-state index in [1.807, 2.05) is 12.3 Å². The maximum Gasteiger partial charge on any atom is 0.134 e. The summed E-state index contributed by atoms with van der Waals surface area (Å²) in [5.74, 6) is 0.930. The highest BCUT2D eigenvalue weighted by Crippen LogP contribution is 2.26. The third-order valence-corrected chi connectivity index (χ3v) is 3.57. The number of anilines is 1. The molecular weight excluding hydrogens is 220 g/mol. The number of nitrogens with one attached hydrogen (secondary N) is 1. The third-order valence-electron chi connectivity index (χ3n) is 2.69. The SMILES string of the molecule is CCC(CCO)Nc1nccc2sccc12. The summed E-state index contributed by atoms with van der Waals surface area (Å²) in [7, 11) is 0. The molecule has 16 heavy (non-hydrogen) atoms. The highest BCUT2D eigenvalue weighted by Gasteiger charge is 2.09. The van der Waals surface area contributed by atoms with Crippen LogP contribution in [0.5, 0.6) is 0 Å². The molecule has 1 unspecified atom stereocenters. The number of aromatic nitrogens is 1. The standard InChI is InChI=1S/C12H16N2OS/c1-2-9(4-7-15)14-12-10-5-8-16-11(10)3-6-13-12/h3,5-6,8-9,15H,2,4,7H2,1H3,(H,13,14). The average Bonchev–Trinajstić information content (AvgIpc) is 2.77. The zero-order chi connectivity index (χ0) is 11.4. The van der Waals surface area contributed by atoms with Gasteiger partial charge in [0, 0.05) is 28.9 Å². The summed E-state index contributed by atoms with van der Waals surface area (Å²) in [6.45, 7) is 2.33. The molecule has 2 aromatic heterocycles. The van der Waals surface area contributed by atoms with Crippen LogP contribution in [0.4, 0.5) is 5.82 Å². The van der Waals surface area contributed by atoms with Crippen LogP contribution in [0.25, 0.3) is 10.1 Å². The zero-order valence-electron chi connectivity index (χ0n) is 9.31. The lowest BCUT2D eigenvalue weighted by molar-refractivity contribution is 0.278. The average molecular weight is 236 g/mol. The highest BCUT2D eigenvalue weighted by molar-refractivity contribution is 7.17. The number of aliphatic hydroxyl groups excluding tert-OH is 1. The minimum absolute atomic E-state index is 0.213. The van der Waals surface area contributed by atoms with E-state index in [2.05, 4.69) is 28.7 Å². The van der Waals surface area contributed by atoms with Crippen molar-refractivity contribution in [2.45, 2.75) is 25.8 Å². The van der Waals surface area contributed by atoms with Gasteiger partial charge in [0.1, 0.15) is 5.82 Å². The second-order valence-corrected chi connectivity index (χ2v) is 4.70. The number of pyridine rings is 1. The van der Waals surface area contributed by atoms with Gasteiger partial charge in [-0.3, -0.25) is 0 Å². The highest BCUT2D eigenvalue weighted by atomic mass is 32.1. The smallest absolute Gasteiger partial charge is 0.134 e. The van der Waals surface area contributed by atoms with Crippen LogP contribution in [0.15, 0.2) is 23.7 Å². The summed E-state index contributed by atoms with van der Waals surface area (Å²) in [5.41, 5.74) is 0. The molecule has 1 atom stereocenters. The first-order chi connectivity index (χ1) is 7.85. The topological polar surface area (TPSA) is 45.1 Å². The minimum atomic E-state index is 0.213. The van der Waals surface area contributed by atoms with E-state index < -0.39 is 0 Å². The van der Waals surface area contributed by atoms with Gasteiger partial charge in [0.25, 0.3) is 0 Å². The van der Waals surface area contributed by atoms with E-state index in [1.165, 1.54) is 10.1 Å². The fourth-order valence-corrected chi connectivity index (χ4v) is 2.52. The Kier molecular flexibility index (Phi) is 3.74. The predicted octanol–water partition coefficient (Wildman–Crippen LogP) is 2.87. The number of aliphatic hydroxyl groups is 1. The van der Waals surface area contributed by atoms with Crippen LogP contribution in [-0.2, 0) is 0 Å². The van der Waals surface area contributed by atoms with Crippen molar-refractivity contribution in [3.63, 3.8) is 0 Å². The van der Waals surface area contributed by atoms with E-state index in [4.69, 9.17) is 5.11 Å². The first-order valence-electron chi connectivity index (χ1n) is 5.54. The van der Waals surface area contributed by atoms with Gasteiger partial charge in [0.15, 0.2) is 0 Å². The van der Waals surface area contributed by atoms with Crippen LogP contribution >= 0.6 is 11.3 Å². The molecule has 0 amide bonds. The van der Waals surface area contributed by atoms with Crippen LogP contribution in [0.3, 0.4) is 0 Å². The van der Waals surface area contributed by atoms with E-state index in [1.54, 1.807) is 11.3 Å². The van der Waals surface area contributed by atoms with Gasteiger partial charge in [-0.2, -0.15) is 0 Å². The van der Waals surface area contributed by atoms with Gasteiger partial charge in [-0.05, 0) is 30.4 Å². The molecular formula is C12H16N2OS. The van der Waals surface area contributed by atoms with Gasteiger partial charge in [0.2, 0.25) is 0 Å². The van der Waals surface area contributed by atoms with E-state index in [0.29, 0.717) is 6.04 Å². The molecule has 0 aliphatic carbocycles. The molecule has 0 aliphatic rings. The Morgan fingerprint density at radius 2 is 2.38 bits per heavy atom. The molecule has 0 saturated heterocycles. The molecule has 0 saturated carbocycles. The molecule has 0 fully saturated rings. The lowest BCUT2D eigenvalue weighted by atomic mass is 10.1. The molecule has 2 N–H and O–H groups in total. The first-order valence-corrected chi connectivity index (χ1v) is 6.42. The van der Waals surface area contributed by atoms with Gasteiger partial charge in [0.05, 0.1) is 0 Å². The molecule has 0 radical (unpaired) electrons. The van der Waals surface area contributed by atoms with E-state index >= 15 is 0 Å². The summed E-state index contributed by atoms with van der Waals surface area (Å²) < 4.78 is 1.25. The summed E-state index contributed by atoms with van der Waals surface area (Å²) >= 11 is 1.72. The van der Waals surface area contributed by atoms with Gasteiger partial charge in [-0.25, -0.2) is 4.98 Å². The van der Waals surface area contributed by atoms with Crippen molar-refractivity contribution in [3.8, 4) is 0 Å². The number of hydrogen-bond donors (Lipinski definition) is 2. The Balaban J connectivity index is 2.22. The van der Waals surface area contributed by atoms with Crippen molar-refractivity contribution in [2.75, 3.05) is 11.9 Å². The molecule has 4 heteroatoms. The molecule has 86 valence electrons. The van der Waals surface area contributed by atoms with Crippen LogP contribution in [-0.4, -0.2) is 22.7 Å². The van der Waals surface area contributed by atoms with Crippen molar-refractivity contribution in [1.82, 2.24) is 4.98 Å². The van der Waals surface area contributed by atoms with Crippen molar-refractivity contribution in [2.24, 2.45) is 0 Å². The van der Waals surface area contributed by atoms with E-state index in [9.17, 15) is 0 Å². The molecule has 0 spiro atoms. The van der Waals surface area contributed by atoms with Gasteiger partial charge in [-0.15, -0.1) is 11.3 Å². The third kappa shape index (κ3) is 2.33. The molecule has 2 rings (SSSR count). The Hall–Kier alpha value is -1.13. The summed E-state index contributed by atoms with van der Waals surface area (Å²) in [6.07, 6.45) is 3.58. The van der Waals surface area contributed by atoms with E-state index in [-0.39, 0.29) is 6.61 Å². The molecule has 0 bridgehead atoms. The Morgan fingerprint density at radius 3 is 3.12 bits per heavy atom. The monoisotopic (exact) mass is 236 g/mol. The van der Waals surface area contributed by atoms with Crippen molar-refractivity contribution in [3.05, 3.63) is 23.7 Å². The van der Waals surface area contributed by atoms with Gasteiger partial charge in [-0.1, -0.05) is 6.92 Å². The number of fused-ring (bicyclic) bond motifs is 1.